The second kappa shape index (κ2) is 6.57. The van der Waals surface area contributed by atoms with Crippen molar-refractivity contribution in [2.45, 2.75) is 20.0 Å². The van der Waals surface area contributed by atoms with Gasteiger partial charge >= 0.3 is 0 Å². The fourth-order valence-electron chi connectivity index (χ4n) is 1.71. The van der Waals surface area contributed by atoms with Gasteiger partial charge in [0.05, 0.1) is 24.0 Å². The summed E-state index contributed by atoms with van der Waals surface area (Å²) in [5, 5.41) is 28.6. The van der Waals surface area contributed by atoms with Crippen LogP contribution in [0.25, 0.3) is 0 Å². The molecule has 0 saturated heterocycles. The van der Waals surface area contributed by atoms with Gasteiger partial charge in [0, 0.05) is 19.2 Å². The Morgan fingerprint density at radius 2 is 2.28 bits per heavy atom. The number of benzene rings is 1. The van der Waals surface area contributed by atoms with Gasteiger partial charge in [-0.05, 0) is 18.6 Å². The average Bonchev–Trinajstić information content (AvgIpc) is 2.39. The zero-order chi connectivity index (χ0) is 13.5. The first kappa shape index (κ1) is 13.9. The number of rotatable bonds is 6. The maximum atomic E-state index is 11.0. The standard InChI is InChI=1S/C12H15N3O3/c1-2-14(7-3-6-13)11-5-4-10(9-16)8-12(11)15(17)18/h4-5,8,16H,2-3,7,9H2,1H3. The van der Waals surface area contributed by atoms with E-state index < -0.39 is 4.92 Å². The fraction of sp³-hybridized carbons (Fsp3) is 0.417. The molecule has 0 unspecified atom stereocenters. The number of nitriles is 1. The van der Waals surface area contributed by atoms with Gasteiger partial charge in [-0.2, -0.15) is 5.26 Å². The molecule has 1 rings (SSSR count). The summed E-state index contributed by atoms with van der Waals surface area (Å²) in [5.41, 5.74) is 0.943. The third kappa shape index (κ3) is 3.18. The molecule has 6 heteroatoms. The Kier molecular flexibility index (Phi) is 5.08. The van der Waals surface area contributed by atoms with Crippen LogP contribution in [0.5, 0.6) is 0 Å². The topological polar surface area (TPSA) is 90.4 Å². The normalized spacial score (nSPS) is 9.83. The molecule has 1 aromatic carbocycles. The number of hydrogen-bond donors (Lipinski definition) is 1. The van der Waals surface area contributed by atoms with Crippen molar-refractivity contribution in [2.24, 2.45) is 0 Å². The predicted octanol–water partition coefficient (Wildman–Crippen LogP) is 1.83. The van der Waals surface area contributed by atoms with Gasteiger partial charge in [0.2, 0.25) is 0 Å². The molecule has 6 nitrogen and oxygen atoms in total. The Bertz CT molecular complexity index is 468. The molecule has 0 spiro atoms. The number of nitrogens with zero attached hydrogens (tertiary/aromatic N) is 3. The van der Waals surface area contributed by atoms with Crippen LogP contribution in [0.3, 0.4) is 0 Å². The van der Waals surface area contributed by atoms with E-state index in [2.05, 4.69) is 0 Å². The zero-order valence-electron chi connectivity index (χ0n) is 10.2. The highest BCUT2D eigenvalue weighted by Gasteiger charge is 2.18. The third-order valence-corrected chi connectivity index (χ3v) is 2.64. The molecule has 96 valence electrons. The highest BCUT2D eigenvalue weighted by molar-refractivity contribution is 5.64. The van der Waals surface area contributed by atoms with Crippen molar-refractivity contribution in [3.63, 3.8) is 0 Å². The van der Waals surface area contributed by atoms with Crippen LogP contribution >= 0.6 is 0 Å². The summed E-state index contributed by atoms with van der Waals surface area (Å²) in [4.78, 5) is 12.3. The zero-order valence-corrected chi connectivity index (χ0v) is 10.2. The second-order valence-electron chi connectivity index (χ2n) is 3.73. The van der Waals surface area contributed by atoms with Crippen molar-refractivity contribution in [1.82, 2.24) is 0 Å². The molecule has 18 heavy (non-hydrogen) atoms. The summed E-state index contributed by atoms with van der Waals surface area (Å²) in [7, 11) is 0. The minimum atomic E-state index is -0.469. The van der Waals surface area contributed by atoms with Crippen LogP contribution in [0, 0.1) is 21.4 Å². The predicted molar refractivity (Wildman–Crippen MR) is 67.1 cm³/mol. The molecule has 1 aromatic rings. The van der Waals surface area contributed by atoms with Crippen molar-refractivity contribution in [3.05, 3.63) is 33.9 Å². The van der Waals surface area contributed by atoms with Gasteiger partial charge in [0.15, 0.2) is 0 Å². The summed E-state index contributed by atoms with van der Waals surface area (Å²) in [6, 6.07) is 6.65. The summed E-state index contributed by atoms with van der Waals surface area (Å²) in [6.07, 6.45) is 0.312. The first-order valence-electron chi connectivity index (χ1n) is 5.64. The summed E-state index contributed by atoms with van der Waals surface area (Å²) < 4.78 is 0. The molecule has 0 amide bonds. The highest BCUT2D eigenvalue weighted by atomic mass is 16.6. The van der Waals surface area contributed by atoms with Crippen molar-refractivity contribution in [3.8, 4) is 6.07 Å². The van der Waals surface area contributed by atoms with Crippen LogP contribution in [-0.2, 0) is 6.61 Å². The van der Waals surface area contributed by atoms with E-state index in [1.165, 1.54) is 6.07 Å². The summed E-state index contributed by atoms with van der Waals surface area (Å²) in [5.74, 6) is 0. The number of nitro benzene ring substituents is 1. The first-order valence-corrected chi connectivity index (χ1v) is 5.64. The van der Waals surface area contributed by atoms with E-state index in [4.69, 9.17) is 10.4 Å². The van der Waals surface area contributed by atoms with Gasteiger partial charge in [-0.25, -0.2) is 0 Å². The monoisotopic (exact) mass is 249 g/mol. The maximum Gasteiger partial charge on any atom is 0.292 e. The van der Waals surface area contributed by atoms with Gasteiger partial charge in [-0.15, -0.1) is 0 Å². The Hall–Kier alpha value is -2.13. The number of hydrogen-bond acceptors (Lipinski definition) is 5. The lowest BCUT2D eigenvalue weighted by atomic mass is 10.1. The molecule has 0 bridgehead atoms. The van der Waals surface area contributed by atoms with Crippen LogP contribution in [0.4, 0.5) is 11.4 Å². The Morgan fingerprint density at radius 1 is 1.56 bits per heavy atom. The van der Waals surface area contributed by atoms with Gasteiger partial charge < -0.3 is 10.0 Å². The van der Waals surface area contributed by atoms with E-state index in [-0.39, 0.29) is 12.3 Å². The van der Waals surface area contributed by atoms with Crippen LogP contribution in [-0.4, -0.2) is 23.1 Å². The van der Waals surface area contributed by atoms with E-state index in [9.17, 15) is 10.1 Å². The van der Waals surface area contributed by atoms with Gasteiger partial charge in [-0.3, -0.25) is 10.1 Å². The van der Waals surface area contributed by atoms with E-state index in [0.29, 0.717) is 30.8 Å². The highest BCUT2D eigenvalue weighted by Crippen LogP contribution is 2.29. The number of anilines is 1. The largest absolute Gasteiger partial charge is 0.392 e. The lowest BCUT2D eigenvalue weighted by molar-refractivity contribution is -0.384. The summed E-state index contributed by atoms with van der Waals surface area (Å²) >= 11 is 0. The minimum Gasteiger partial charge on any atom is -0.392 e. The molecule has 0 saturated carbocycles. The number of aliphatic hydroxyl groups is 1. The molecule has 0 atom stereocenters. The van der Waals surface area contributed by atoms with E-state index in [1.54, 1.807) is 17.0 Å². The molecule has 0 fully saturated rings. The van der Waals surface area contributed by atoms with Gasteiger partial charge in [0.1, 0.15) is 5.69 Å². The van der Waals surface area contributed by atoms with Crippen molar-refractivity contribution in [2.75, 3.05) is 18.0 Å². The quantitative estimate of drug-likeness (QED) is 0.613. The van der Waals surface area contributed by atoms with Crippen LogP contribution < -0.4 is 4.90 Å². The van der Waals surface area contributed by atoms with Crippen molar-refractivity contribution in [1.29, 1.82) is 5.26 Å². The van der Waals surface area contributed by atoms with Gasteiger partial charge in [0.25, 0.3) is 5.69 Å². The fourth-order valence-corrected chi connectivity index (χ4v) is 1.71. The molecule has 0 aliphatic rings. The lowest BCUT2D eigenvalue weighted by Gasteiger charge is -2.21. The number of aliphatic hydroxyl groups excluding tert-OH is 1. The molecule has 0 aromatic heterocycles. The van der Waals surface area contributed by atoms with Crippen LogP contribution in [0.1, 0.15) is 18.9 Å². The Morgan fingerprint density at radius 3 is 2.78 bits per heavy atom. The SMILES string of the molecule is CCN(CCC#N)c1ccc(CO)cc1[N+](=O)[O-]. The molecule has 1 N–H and O–H groups in total. The summed E-state index contributed by atoms with van der Waals surface area (Å²) in [6.45, 7) is 2.68. The lowest BCUT2D eigenvalue weighted by Crippen LogP contribution is -2.24. The smallest absolute Gasteiger partial charge is 0.292 e. The van der Waals surface area contributed by atoms with Crippen LogP contribution in [0.2, 0.25) is 0 Å². The molecule has 0 radical (unpaired) electrons. The molecule has 0 aliphatic carbocycles. The van der Waals surface area contributed by atoms with E-state index >= 15 is 0 Å². The molecular formula is C12H15N3O3. The molecular weight excluding hydrogens is 234 g/mol. The Balaban J connectivity index is 3.13. The van der Waals surface area contributed by atoms with Crippen molar-refractivity contribution < 1.29 is 10.0 Å². The maximum absolute atomic E-state index is 11.0. The third-order valence-electron chi connectivity index (χ3n) is 2.64. The second-order valence-corrected chi connectivity index (χ2v) is 3.73. The Labute approximate surface area is 105 Å². The van der Waals surface area contributed by atoms with E-state index in [0.717, 1.165) is 0 Å². The average molecular weight is 249 g/mol. The van der Waals surface area contributed by atoms with E-state index in [1.807, 2.05) is 13.0 Å². The van der Waals surface area contributed by atoms with Crippen LogP contribution in [0.15, 0.2) is 18.2 Å². The minimum absolute atomic E-state index is 0.0404. The first-order chi connectivity index (χ1) is 8.63. The number of nitro groups is 1. The van der Waals surface area contributed by atoms with Crippen molar-refractivity contribution >= 4 is 11.4 Å². The van der Waals surface area contributed by atoms with Gasteiger partial charge in [-0.1, -0.05) is 6.07 Å². The molecule has 0 aliphatic heterocycles. The molecule has 0 heterocycles.